The number of fused-ring (bicyclic) bond motifs is 1. The van der Waals surface area contributed by atoms with E-state index in [0.29, 0.717) is 12.1 Å². The van der Waals surface area contributed by atoms with Crippen molar-refractivity contribution in [3.8, 4) is 6.07 Å². The van der Waals surface area contributed by atoms with E-state index < -0.39 is 0 Å². The van der Waals surface area contributed by atoms with Gasteiger partial charge >= 0.3 is 0 Å². The second-order valence-electron chi connectivity index (χ2n) is 7.41. The third-order valence-electron chi connectivity index (χ3n) is 5.45. The van der Waals surface area contributed by atoms with Gasteiger partial charge in [0.1, 0.15) is 11.8 Å². The summed E-state index contributed by atoms with van der Waals surface area (Å²) >= 11 is 0. The fraction of sp³-hybridized carbons (Fsp3) is 0.304. The first kappa shape index (κ1) is 19.0. The maximum Gasteiger partial charge on any atom is 0.251 e. The average Bonchev–Trinajstić information content (AvgIpc) is 2.74. The Kier molecular flexibility index (Phi) is 5.24. The number of aryl methyl sites for hydroxylation is 2. The van der Waals surface area contributed by atoms with Gasteiger partial charge in [0.05, 0.1) is 11.0 Å². The summed E-state index contributed by atoms with van der Waals surface area (Å²) in [6.45, 7) is 6.49. The maximum absolute atomic E-state index is 12.1. The van der Waals surface area contributed by atoms with E-state index in [1.807, 2.05) is 38.2 Å². The Balaban J connectivity index is 1.49. The summed E-state index contributed by atoms with van der Waals surface area (Å²) in [5.74, 6) is 0. The number of pyridine rings is 3. The van der Waals surface area contributed by atoms with E-state index in [1.54, 1.807) is 6.07 Å². The molecule has 6 nitrogen and oxygen atoms in total. The zero-order chi connectivity index (χ0) is 20.4. The van der Waals surface area contributed by atoms with Gasteiger partial charge in [-0.1, -0.05) is 19.1 Å². The first-order valence-electron chi connectivity index (χ1n) is 9.87. The summed E-state index contributed by atoms with van der Waals surface area (Å²) in [4.78, 5) is 26.3. The monoisotopic (exact) mass is 385 g/mol. The van der Waals surface area contributed by atoms with Crippen molar-refractivity contribution < 1.29 is 0 Å². The Labute approximate surface area is 169 Å². The van der Waals surface area contributed by atoms with Gasteiger partial charge in [0.2, 0.25) is 0 Å². The fourth-order valence-electron chi connectivity index (χ4n) is 3.84. The summed E-state index contributed by atoms with van der Waals surface area (Å²) in [6.07, 6.45) is 5.77. The van der Waals surface area contributed by atoms with Gasteiger partial charge in [-0.05, 0) is 54.7 Å². The molecule has 6 heteroatoms. The first-order valence-corrected chi connectivity index (χ1v) is 9.87. The van der Waals surface area contributed by atoms with Gasteiger partial charge in [-0.2, -0.15) is 5.26 Å². The van der Waals surface area contributed by atoms with E-state index in [2.05, 4.69) is 32.0 Å². The Bertz CT molecular complexity index is 1200. The minimum absolute atomic E-state index is 0.0316. The van der Waals surface area contributed by atoms with Crippen LogP contribution < -0.4 is 5.56 Å². The number of nitrogens with zero attached hydrogens (tertiary/aromatic N) is 4. The number of aromatic amines is 1. The molecule has 3 aromatic rings. The molecule has 4 heterocycles. The number of nitriles is 1. The van der Waals surface area contributed by atoms with E-state index >= 15 is 0 Å². The number of nitrogens with one attached hydrogen (secondary N) is 1. The SMILES string of the molecule is CCc1cc2ncc(CN3CC=C(c4ccc(C#N)nc4C)CC3)cc2[nH]c1=O. The van der Waals surface area contributed by atoms with E-state index in [4.69, 9.17) is 5.26 Å². The second kappa shape index (κ2) is 7.98. The molecule has 0 aliphatic carbocycles. The van der Waals surface area contributed by atoms with Crippen LogP contribution in [0.2, 0.25) is 0 Å². The molecule has 0 unspecified atom stereocenters. The van der Waals surface area contributed by atoms with Crippen molar-refractivity contribution in [2.75, 3.05) is 13.1 Å². The molecule has 0 fully saturated rings. The van der Waals surface area contributed by atoms with Crippen LogP contribution in [0.3, 0.4) is 0 Å². The molecule has 4 rings (SSSR count). The standard InChI is InChI=1S/C23H23N5O/c1-3-17-11-21-22(27-23(17)29)10-16(13-25-21)14-28-8-6-18(7-9-28)20-5-4-19(12-24)26-15(20)2/h4-6,10-11,13H,3,7-9,14H2,1-2H3,(H,27,29). The molecular formula is C23H23N5O. The highest BCUT2D eigenvalue weighted by atomic mass is 16.1. The Hall–Kier alpha value is -3.30. The molecule has 0 spiro atoms. The predicted molar refractivity (Wildman–Crippen MR) is 113 cm³/mol. The molecule has 0 atom stereocenters. The molecule has 0 saturated carbocycles. The van der Waals surface area contributed by atoms with Crippen molar-refractivity contribution in [3.63, 3.8) is 0 Å². The average molecular weight is 385 g/mol. The molecule has 0 saturated heterocycles. The van der Waals surface area contributed by atoms with E-state index in [1.165, 1.54) is 5.57 Å². The first-order chi connectivity index (χ1) is 14.1. The number of hydrogen-bond acceptors (Lipinski definition) is 5. The highest BCUT2D eigenvalue weighted by Crippen LogP contribution is 2.25. The van der Waals surface area contributed by atoms with Crippen molar-refractivity contribution in [2.24, 2.45) is 0 Å². The second-order valence-corrected chi connectivity index (χ2v) is 7.41. The minimum Gasteiger partial charge on any atom is -0.320 e. The van der Waals surface area contributed by atoms with Crippen LogP contribution in [-0.2, 0) is 13.0 Å². The van der Waals surface area contributed by atoms with Crippen LogP contribution >= 0.6 is 0 Å². The molecule has 0 amide bonds. The molecule has 29 heavy (non-hydrogen) atoms. The van der Waals surface area contributed by atoms with Crippen LogP contribution in [0.25, 0.3) is 16.6 Å². The topological polar surface area (TPSA) is 85.7 Å². The van der Waals surface area contributed by atoms with Crippen LogP contribution in [0.5, 0.6) is 0 Å². The van der Waals surface area contributed by atoms with Gasteiger partial charge in [-0.3, -0.25) is 14.7 Å². The lowest BCUT2D eigenvalue weighted by molar-refractivity contribution is 0.293. The molecule has 0 radical (unpaired) electrons. The van der Waals surface area contributed by atoms with Crippen molar-refractivity contribution >= 4 is 16.6 Å². The van der Waals surface area contributed by atoms with Crippen LogP contribution in [0.1, 0.15) is 41.4 Å². The van der Waals surface area contributed by atoms with Crippen molar-refractivity contribution in [2.45, 2.75) is 33.2 Å². The van der Waals surface area contributed by atoms with Crippen LogP contribution in [-0.4, -0.2) is 32.9 Å². The quantitative estimate of drug-likeness (QED) is 0.744. The summed E-state index contributed by atoms with van der Waals surface area (Å²) in [5.41, 5.74) is 7.20. The highest BCUT2D eigenvalue weighted by Gasteiger charge is 2.16. The molecular weight excluding hydrogens is 362 g/mol. The third-order valence-corrected chi connectivity index (χ3v) is 5.45. The Morgan fingerprint density at radius 2 is 2.17 bits per heavy atom. The summed E-state index contributed by atoms with van der Waals surface area (Å²) in [5, 5.41) is 8.99. The molecule has 0 aromatic carbocycles. The van der Waals surface area contributed by atoms with Crippen LogP contribution in [0.4, 0.5) is 0 Å². The van der Waals surface area contributed by atoms with E-state index in [-0.39, 0.29) is 5.56 Å². The smallest absolute Gasteiger partial charge is 0.251 e. The third kappa shape index (κ3) is 3.96. The lowest BCUT2D eigenvalue weighted by Crippen LogP contribution is -2.28. The van der Waals surface area contributed by atoms with Crippen molar-refractivity contribution in [1.82, 2.24) is 19.9 Å². The summed E-state index contributed by atoms with van der Waals surface area (Å²) in [6, 6.07) is 9.76. The summed E-state index contributed by atoms with van der Waals surface area (Å²) < 4.78 is 0. The largest absolute Gasteiger partial charge is 0.320 e. The van der Waals surface area contributed by atoms with Crippen LogP contribution in [0, 0.1) is 18.3 Å². The Morgan fingerprint density at radius 1 is 1.31 bits per heavy atom. The zero-order valence-corrected chi connectivity index (χ0v) is 16.7. The molecule has 1 aliphatic rings. The van der Waals surface area contributed by atoms with Gasteiger partial charge in [0, 0.05) is 37.1 Å². The summed E-state index contributed by atoms with van der Waals surface area (Å²) in [7, 11) is 0. The van der Waals surface area contributed by atoms with Crippen molar-refractivity contribution in [1.29, 1.82) is 5.26 Å². The zero-order valence-electron chi connectivity index (χ0n) is 16.7. The number of H-pyrrole nitrogens is 1. The minimum atomic E-state index is -0.0316. The van der Waals surface area contributed by atoms with Gasteiger partial charge in [0.25, 0.3) is 5.56 Å². The number of rotatable bonds is 4. The predicted octanol–water partition coefficient (Wildman–Crippen LogP) is 3.35. The van der Waals surface area contributed by atoms with Gasteiger partial charge in [-0.15, -0.1) is 0 Å². The number of hydrogen-bond donors (Lipinski definition) is 1. The highest BCUT2D eigenvalue weighted by molar-refractivity contribution is 5.75. The molecule has 3 aromatic heterocycles. The van der Waals surface area contributed by atoms with Gasteiger partial charge < -0.3 is 4.98 Å². The molecule has 0 bridgehead atoms. The number of aromatic nitrogens is 3. The van der Waals surface area contributed by atoms with E-state index in [9.17, 15) is 4.79 Å². The maximum atomic E-state index is 12.1. The normalized spacial score (nSPS) is 14.6. The molecule has 1 aliphatic heterocycles. The van der Waals surface area contributed by atoms with Gasteiger partial charge in [-0.25, -0.2) is 4.98 Å². The molecule has 1 N–H and O–H groups in total. The lowest BCUT2D eigenvalue weighted by Gasteiger charge is -2.26. The van der Waals surface area contributed by atoms with Crippen molar-refractivity contribution in [3.05, 3.63) is 75.0 Å². The van der Waals surface area contributed by atoms with Crippen LogP contribution in [0.15, 0.2) is 41.3 Å². The van der Waals surface area contributed by atoms with E-state index in [0.717, 1.165) is 59.5 Å². The lowest BCUT2D eigenvalue weighted by atomic mass is 9.98. The Morgan fingerprint density at radius 3 is 2.86 bits per heavy atom. The van der Waals surface area contributed by atoms with Gasteiger partial charge in [0.15, 0.2) is 0 Å². The molecule has 146 valence electrons. The fourth-order valence-corrected chi connectivity index (χ4v) is 3.84.